The van der Waals surface area contributed by atoms with E-state index in [1.165, 1.54) is 0 Å². The van der Waals surface area contributed by atoms with E-state index in [2.05, 4.69) is 0 Å². The first-order valence-electron chi connectivity index (χ1n) is 6.37. The molecule has 2 aromatic rings. The summed E-state index contributed by atoms with van der Waals surface area (Å²) in [6.07, 6.45) is 0. The van der Waals surface area contributed by atoms with Crippen molar-refractivity contribution in [2.75, 3.05) is 12.4 Å². The van der Waals surface area contributed by atoms with Crippen molar-refractivity contribution >= 4 is 20.8 Å². The molecule has 4 nitrogen and oxygen atoms in total. The van der Waals surface area contributed by atoms with Crippen LogP contribution in [-0.4, -0.2) is 20.8 Å². The number of hydrogen-bond donors (Lipinski definition) is 1. The zero-order valence-corrected chi connectivity index (χ0v) is 12.5. The molecule has 0 aliphatic carbocycles. The lowest BCUT2D eigenvalue weighted by Crippen LogP contribution is -2.33. The molecule has 0 aliphatic heterocycles. The molecule has 0 amide bonds. The Morgan fingerprint density at radius 2 is 1.75 bits per heavy atom. The number of fused-ring (bicyclic) bond motifs is 1. The van der Waals surface area contributed by atoms with E-state index in [0.29, 0.717) is 6.61 Å². The predicted molar refractivity (Wildman–Crippen MR) is 81.2 cm³/mol. The van der Waals surface area contributed by atoms with E-state index < -0.39 is 15.4 Å². The van der Waals surface area contributed by atoms with E-state index in [0.717, 1.165) is 16.5 Å². The smallest absolute Gasteiger partial charge is 0.209 e. The van der Waals surface area contributed by atoms with E-state index in [4.69, 9.17) is 9.88 Å². The van der Waals surface area contributed by atoms with Crippen molar-refractivity contribution in [3.63, 3.8) is 0 Å². The lowest BCUT2D eigenvalue weighted by molar-refractivity contribution is 0.200. The molecule has 0 aromatic heterocycles. The number of sulfonamides is 1. The number of primary sulfonamides is 1. The summed E-state index contributed by atoms with van der Waals surface area (Å²) in [5, 5.41) is 7.32. The molecule has 0 aliphatic rings. The third kappa shape index (κ3) is 4.21. The zero-order valence-electron chi connectivity index (χ0n) is 11.7. The van der Waals surface area contributed by atoms with Crippen LogP contribution in [0.3, 0.4) is 0 Å². The van der Waals surface area contributed by atoms with E-state index >= 15 is 0 Å². The molecule has 0 heterocycles. The highest BCUT2D eigenvalue weighted by Gasteiger charge is 2.25. The van der Waals surface area contributed by atoms with E-state index in [1.807, 2.05) is 56.3 Å². The molecule has 108 valence electrons. The summed E-state index contributed by atoms with van der Waals surface area (Å²) in [7, 11) is -3.50. The van der Waals surface area contributed by atoms with Gasteiger partial charge in [0, 0.05) is 5.41 Å². The topological polar surface area (TPSA) is 69.4 Å². The molecule has 0 radical (unpaired) electrons. The fourth-order valence-electron chi connectivity index (χ4n) is 2.12. The predicted octanol–water partition coefficient (Wildman–Crippen LogP) is 2.53. The fraction of sp³-hybridized carbons (Fsp3) is 0.333. The number of rotatable bonds is 5. The quantitative estimate of drug-likeness (QED) is 0.921. The summed E-state index contributed by atoms with van der Waals surface area (Å²) >= 11 is 0. The largest absolute Gasteiger partial charge is 0.493 e. The first kappa shape index (κ1) is 14.8. The van der Waals surface area contributed by atoms with Crippen molar-refractivity contribution in [2.45, 2.75) is 13.8 Å². The minimum Gasteiger partial charge on any atom is -0.493 e. The van der Waals surface area contributed by atoms with Crippen LogP contribution in [0.25, 0.3) is 10.8 Å². The first-order valence-corrected chi connectivity index (χ1v) is 8.09. The average molecular weight is 293 g/mol. The van der Waals surface area contributed by atoms with Crippen molar-refractivity contribution in [1.82, 2.24) is 0 Å². The monoisotopic (exact) mass is 293 g/mol. The van der Waals surface area contributed by atoms with Crippen molar-refractivity contribution in [3.05, 3.63) is 42.5 Å². The van der Waals surface area contributed by atoms with E-state index in [-0.39, 0.29) is 5.75 Å². The van der Waals surface area contributed by atoms with Crippen LogP contribution in [0.2, 0.25) is 0 Å². The van der Waals surface area contributed by atoms with Gasteiger partial charge in [-0.3, -0.25) is 0 Å². The van der Waals surface area contributed by atoms with Gasteiger partial charge in [0.2, 0.25) is 10.0 Å². The van der Waals surface area contributed by atoms with E-state index in [9.17, 15) is 8.42 Å². The molecule has 2 N–H and O–H groups in total. The number of benzene rings is 2. The molecule has 0 atom stereocenters. The van der Waals surface area contributed by atoms with E-state index in [1.54, 1.807) is 0 Å². The molecule has 2 aromatic carbocycles. The van der Waals surface area contributed by atoms with Gasteiger partial charge in [-0.2, -0.15) is 0 Å². The average Bonchev–Trinajstić information content (AvgIpc) is 2.33. The van der Waals surface area contributed by atoms with Crippen LogP contribution in [0.15, 0.2) is 42.5 Å². The molecule has 0 spiro atoms. The number of ether oxygens (including phenoxy) is 1. The summed E-state index contributed by atoms with van der Waals surface area (Å²) in [6.45, 7) is 3.93. The van der Waals surface area contributed by atoms with Crippen LogP contribution in [0.4, 0.5) is 0 Å². The Labute approximate surface area is 119 Å². The van der Waals surface area contributed by atoms with Crippen molar-refractivity contribution in [2.24, 2.45) is 10.6 Å². The second kappa shape index (κ2) is 5.42. The zero-order chi connectivity index (χ0) is 14.8. The van der Waals surface area contributed by atoms with Gasteiger partial charge < -0.3 is 4.74 Å². The third-order valence-electron chi connectivity index (χ3n) is 2.94. The van der Waals surface area contributed by atoms with Crippen LogP contribution in [0.1, 0.15) is 13.8 Å². The van der Waals surface area contributed by atoms with Crippen LogP contribution in [0, 0.1) is 5.41 Å². The second-order valence-corrected chi connectivity index (χ2v) is 7.38. The third-order valence-corrected chi connectivity index (χ3v) is 4.13. The van der Waals surface area contributed by atoms with Gasteiger partial charge in [0.05, 0.1) is 12.4 Å². The van der Waals surface area contributed by atoms with Gasteiger partial charge in [-0.25, -0.2) is 13.6 Å². The summed E-state index contributed by atoms with van der Waals surface area (Å²) in [4.78, 5) is 0. The lowest BCUT2D eigenvalue weighted by atomic mass is 9.98. The Bertz CT molecular complexity index is 708. The van der Waals surface area contributed by atoms with Crippen LogP contribution in [0.5, 0.6) is 5.75 Å². The standard InChI is InChI=1S/C15H19NO3S/c1-15(2,11-20(16,17)18)10-19-14-8-7-12-5-3-4-6-13(12)9-14/h3-9H,10-11H2,1-2H3,(H2,16,17,18). The highest BCUT2D eigenvalue weighted by molar-refractivity contribution is 7.89. The van der Waals surface area contributed by atoms with Crippen molar-refractivity contribution in [1.29, 1.82) is 0 Å². The second-order valence-electron chi connectivity index (χ2n) is 5.77. The van der Waals surface area contributed by atoms with Gasteiger partial charge in [-0.05, 0) is 22.9 Å². The summed E-state index contributed by atoms with van der Waals surface area (Å²) < 4.78 is 28.0. The van der Waals surface area contributed by atoms with Gasteiger partial charge in [-0.15, -0.1) is 0 Å². The SMILES string of the molecule is CC(C)(COc1ccc2ccccc2c1)CS(N)(=O)=O. The molecule has 0 saturated carbocycles. The summed E-state index contributed by atoms with van der Waals surface area (Å²) in [6, 6.07) is 13.8. The molecule has 5 heteroatoms. The first-order chi connectivity index (χ1) is 9.25. The maximum absolute atomic E-state index is 11.2. The molecule has 0 bridgehead atoms. The summed E-state index contributed by atoms with van der Waals surface area (Å²) in [5.41, 5.74) is -0.529. The van der Waals surface area contributed by atoms with Crippen LogP contribution < -0.4 is 9.88 Å². The fourth-order valence-corrected chi connectivity index (χ4v) is 3.29. The van der Waals surface area contributed by atoms with Crippen LogP contribution in [-0.2, 0) is 10.0 Å². The lowest BCUT2D eigenvalue weighted by Gasteiger charge is -2.23. The molecule has 0 unspecified atom stereocenters. The molecular formula is C15H19NO3S. The highest BCUT2D eigenvalue weighted by Crippen LogP contribution is 2.23. The van der Waals surface area contributed by atoms with Gasteiger partial charge in [0.15, 0.2) is 0 Å². The Morgan fingerprint density at radius 3 is 2.40 bits per heavy atom. The minimum atomic E-state index is -3.50. The van der Waals surface area contributed by atoms with Gasteiger partial charge >= 0.3 is 0 Å². The molecule has 0 saturated heterocycles. The maximum atomic E-state index is 11.2. The Balaban J connectivity index is 2.09. The Morgan fingerprint density at radius 1 is 1.10 bits per heavy atom. The molecule has 20 heavy (non-hydrogen) atoms. The van der Waals surface area contributed by atoms with Crippen molar-refractivity contribution < 1.29 is 13.2 Å². The molecule has 0 fully saturated rings. The summed E-state index contributed by atoms with van der Waals surface area (Å²) in [5.74, 6) is 0.624. The van der Waals surface area contributed by atoms with Crippen molar-refractivity contribution in [3.8, 4) is 5.75 Å². The normalized spacial score (nSPS) is 12.6. The Kier molecular flexibility index (Phi) is 4.01. The maximum Gasteiger partial charge on any atom is 0.209 e. The van der Waals surface area contributed by atoms with Crippen LogP contribution >= 0.6 is 0 Å². The Hall–Kier alpha value is -1.59. The number of hydrogen-bond acceptors (Lipinski definition) is 3. The highest BCUT2D eigenvalue weighted by atomic mass is 32.2. The van der Waals surface area contributed by atoms with Gasteiger partial charge in [-0.1, -0.05) is 44.2 Å². The number of nitrogens with two attached hydrogens (primary N) is 1. The van der Waals surface area contributed by atoms with Gasteiger partial charge in [0.25, 0.3) is 0 Å². The minimum absolute atomic E-state index is 0.104. The molecule has 2 rings (SSSR count). The van der Waals surface area contributed by atoms with Gasteiger partial charge in [0.1, 0.15) is 5.75 Å². The molecular weight excluding hydrogens is 274 g/mol.